The summed E-state index contributed by atoms with van der Waals surface area (Å²) in [6, 6.07) is 8.54. The summed E-state index contributed by atoms with van der Waals surface area (Å²) >= 11 is 1.82. The highest BCUT2D eigenvalue weighted by molar-refractivity contribution is 7.99. The molecule has 6 heteroatoms. The second-order valence-electron chi connectivity index (χ2n) is 7.26. The minimum absolute atomic E-state index is 0.0294. The lowest BCUT2D eigenvalue weighted by Gasteiger charge is -2.30. The van der Waals surface area contributed by atoms with Gasteiger partial charge in [0.05, 0.1) is 12.1 Å². The van der Waals surface area contributed by atoms with Crippen LogP contribution in [0.5, 0.6) is 0 Å². The van der Waals surface area contributed by atoms with Gasteiger partial charge in [0.15, 0.2) is 0 Å². The van der Waals surface area contributed by atoms with Gasteiger partial charge >= 0.3 is 0 Å². The van der Waals surface area contributed by atoms with E-state index in [-0.39, 0.29) is 17.9 Å². The number of thioether (sulfide) groups is 1. The summed E-state index contributed by atoms with van der Waals surface area (Å²) in [4.78, 5) is 30.1. The lowest BCUT2D eigenvalue weighted by molar-refractivity contribution is -0.122. The van der Waals surface area contributed by atoms with E-state index in [1.165, 1.54) is 22.2 Å². The third-order valence-corrected chi connectivity index (χ3v) is 6.42. The molecule has 2 atom stereocenters. The lowest BCUT2D eigenvalue weighted by atomic mass is 9.95. The Hall–Kier alpha value is -1.63. The van der Waals surface area contributed by atoms with Crippen molar-refractivity contribution in [3.8, 4) is 0 Å². The number of carbonyl (C=O) groups excluding carboxylic acids is 2. The van der Waals surface area contributed by atoms with Crippen LogP contribution in [0.1, 0.15) is 25.1 Å². The zero-order valence-corrected chi connectivity index (χ0v) is 16.7. The molecule has 2 aromatic rings. The Bertz CT molecular complexity index is 816. The molecule has 0 saturated carbocycles. The maximum absolute atomic E-state index is 11.6. The molecular formula is C20H27N3O2S. The molecule has 1 aromatic heterocycles. The standard InChI is InChI=1S/C14H16N2O.C6H11NOS/c1-9(17)14-7-11-10-5-3-4-6-12(10)15-13(11)8-16(14)2;1-5(8)6-3-9-4-7(6)2/h3-6,14-15H,7-8H2,1-2H3;6H,3-4H2,1-2H3. The van der Waals surface area contributed by atoms with Crippen LogP contribution in [0, 0.1) is 0 Å². The van der Waals surface area contributed by atoms with Crippen LogP contribution in [0.3, 0.4) is 0 Å². The molecule has 1 fully saturated rings. The third kappa shape index (κ3) is 3.87. The molecule has 26 heavy (non-hydrogen) atoms. The number of nitrogens with one attached hydrogen (secondary N) is 1. The van der Waals surface area contributed by atoms with Crippen LogP contribution in [-0.4, -0.2) is 64.2 Å². The van der Waals surface area contributed by atoms with E-state index in [1.807, 2.05) is 31.9 Å². The minimum atomic E-state index is 0.0294. The molecular weight excluding hydrogens is 346 g/mol. The number of hydrogen-bond acceptors (Lipinski definition) is 5. The Morgan fingerprint density at radius 1 is 1.08 bits per heavy atom. The van der Waals surface area contributed by atoms with Crippen molar-refractivity contribution in [1.29, 1.82) is 0 Å². The van der Waals surface area contributed by atoms with Crippen LogP contribution in [0.25, 0.3) is 10.9 Å². The molecule has 2 aliphatic heterocycles. The second kappa shape index (κ2) is 7.94. The van der Waals surface area contributed by atoms with Gasteiger partial charge < -0.3 is 4.98 Å². The van der Waals surface area contributed by atoms with Crippen molar-refractivity contribution in [3.63, 3.8) is 0 Å². The summed E-state index contributed by atoms with van der Waals surface area (Å²) in [5.74, 6) is 2.53. The predicted octanol–water partition coefficient (Wildman–Crippen LogP) is 2.69. The van der Waals surface area contributed by atoms with E-state index in [1.54, 1.807) is 13.8 Å². The zero-order chi connectivity index (χ0) is 18.8. The number of aromatic nitrogens is 1. The van der Waals surface area contributed by atoms with Crippen LogP contribution in [0.4, 0.5) is 0 Å². The maximum Gasteiger partial charge on any atom is 0.147 e. The molecule has 1 aromatic carbocycles. The van der Waals surface area contributed by atoms with E-state index in [9.17, 15) is 9.59 Å². The predicted molar refractivity (Wildman–Crippen MR) is 107 cm³/mol. The van der Waals surface area contributed by atoms with Gasteiger partial charge in [-0.15, -0.1) is 11.8 Å². The quantitative estimate of drug-likeness (QED) is 0.877. The van der Waals surface area contributed by atoms with Crippen LogP contribution >= 0.6 is 11.8 Å². The average Bonchev–Trinajstić information content (AvgIpc) is 3.17. The topological polar surface area (TPSA) is 56.4 Å². The molecule has 1 saturated heterocycles. The number of fused-ring (bicyclic) bond motifs is 3. The van der Waals surface area contributed by atoms with Gasteiger partial charge in [0.2, 0.25) is 0 Å². The molecule has 1 N–H and O–H groups in total. The van der Waals surface area contributed by atoms with E-state index >= 15 is 0 Å². The van der Waals surface area contributed by atoms with Gasteiger partial charge in [-0.2, -0.15) is 0 Å². The summed E-state index contributed by atoms with van der Waals surface area (Å²) < 4.78 is 0. The highest BCUT2D eigenvalue weighted by atomic mass is 32.2. The number of Topliss-reactive ketones (excluding diaryl/α,β-unsaturated/α-hetero) is 2. The number of benzene rings is 1. The first-order chi connectivity index (χ1) is 12.4. The fourth-order valence-electron chi connectivity index (χ4n) is 3.74. The van der Waals surface area contributed by atoms with Gasteiger partial charge in [-0.3, -0.25) is 19.4 Å². The minimum Gasteiger partial charge on any atom is -0.357 e. The molecule has 0 bridgehead atoms. The van der Waals surface area contributed by atoms with E-state index in [0.29, 0.717) is 5.78 Å². The summed E-state index contributed by atoms with van der Waals surface area (Å²) in [6.45, 7) is 4.17. The highest BCUT2D eigenvalue weighted by Gasteiger charge is 2.29. The Morgan fingerprint density at radius 2 is 1.77 bits per heavy atom. The number of H-pyrrole nitrogens is 1. The molecule has 0 radical (unpaired) electrons. The normalized spacial score (nSPS) is 23.4. The number of likely N-dealkylation sites (N-methyl/N-ethyl adjacent to an activating group) is 2. The number of carbonyl (C=O) groups is 2. The number of ketones is 2. The van der Waals surface area contributed by atoms with Crippen molar-refractivity contribution in [2.45, 2.75) is 38.9 Å². The first-order valence-corrected chi connectivity index (χ1v) is 10.1. The third-order valence-electron chi connectivity index (χ3n) is 5.28. The molecule has 4 rings (SSSR count). The van der Waals surface area contributed by atoms with Crippen LogP contribution in [0.2, 0.25) is 0 Å². The molecule has 0 spiro atoms. The Balaban J connectivity index is 0.000000185. The molecule has 2 aliphatic rings. The molecule has 140 valence electrons. The average molecular weight is 374 g/mol. The summed E-state index contributed by atoms with van der Waals surface area (Å²) in [6.07, 6.45) is 0.825. The van der Waals surface area contributed by atoms with Crippen LogP contribution in [-0.2, 0) is 22.6 Å². The van der Waals surface area contributed by atoms with Gasteiger partial charge in [0.25, 0.3) is 0 Å². The molecule has 3 heterocycles. The number of nitrogens with zero attached hydrogens (tertiary/aromatic N) is 2. The largest absolute Gasteiger partial charge is 0.357 e. The van der Waals surface area contributed by atoms with E-state index < -0.39 is 0 Å². The number of aromatic amines is 1. The Kier molecular flexibility index (Phi) is 5.85. The van der Waals surface area contributed by atoms with Crippen molar-refractivity contribution in [3.05, 3.63) is 35.5 Å². The van der Waals surface area contributed by atoms with E-state index in [0.717, 1.165) is 24.6 Å². The highest BCUT2D eigenvalue weighted by Crippen LogP contribution is 2.29. The monoisotopic (exact) mass is 373 g/mol. The maximum atomic E-state index is 11.6. The van der Waals surface area contributed by atoms with Gasteiger partial charge in [0.1, 0.15) is 11.6 Å². The summed E-state index contributed by atoms with van der Waals surface area (Å²) in [5, 5.41) is 1.27. The smallest absolute Gasteiger partial charge is 0.147 e. The van der Waals surface area contributed by atoms with Gasteiger partial charge in [-0.05, 0) is 46.0 Å². The zero-order valence-electron chi connectivity index (χ0n) is 15.9. The fourth-order valence-corrected chi connectivity index (χ4v) is 5.03. The van der Waals surface area contributed by atoms with Gasteiger partial charge in [-0.1, -0.05) is 18.2 Å². The molecule has 2 unspecified atom stereocenters. The Morgan fingerprint density at radius 3 is 2.35 bits per heavy atom. The second-order valence-corrected chi connectivity index (χ2v) is 8.26. The summed E-state index contributed by atoms with van der Waals surface area (Å²) in [7, 11) is 4.01. The first-order valence-electron chi connectivity index (χ1n) is 8.96. The SMILES string of the molecule is CC(=O)C1CSCN1C.CC(=O)C1Cc2c([nH]c3ccccc23)CN1C. The van der Waals surface area contributed by atoms with Gasteiger partial charge in [0, 0.05) is 34.8 Å². The van der Waals surface area contributed by atoms with Crippen molar-refractivity contribution in [2.24, 2.45) is 0 Å². The lowest BCUT2D eigenvalue weighted by Crippen LogP contribution is -2.41. The van der Waals surface area contributed by atoms with E-state index in [4.69, 9.17) is 0 Å². The number of rotatable bonds is 2. The molecule has 5 nitrogen and oxygen atoms in total. The van der Waals surface area contributed by atoms with Gasteiger partial charge in [-0.25, -0.2) is 0 Å². The Labute approximate surface area is 159 Å². The van der Waals surface area contributed by atoms with Crippen LogP contribution < -0.4 is 0 Å². The van der Waals surface area contributed by atoms with Crippen molar-refractivity contribution in [1.82, 2.24) is 14.8 Å². The fraction of sp³-hybridized carbons (Fsp3) is 0.500. The summed E-state index contributed by atoms with van der Waals surface area (Å²) in [5.41, 5.74) is 3.75. The van der Waals surface area contributed by atoms with E-state index in [2.05, 4.69) is 33.0 Å². The number of para-hydroxylation sites is 1. The first kappa shape index (κ1) is 19.1. The number of hydrogen-bond donors (Lipinski definition) is 1. The van der Waals surface area contributed by atoms with Crippen molar-refractivity contribution < 1.29 is 9.59 Å². The molecule has 0 aliphatic carbocycles. The van der Waals surface area contributed by atoms with Crippen molar-refractivity contribution >= 4 is 34.2 Å². The van der Waals surface area contributed by atoms with Crippen molar-refractivity contribution in [2.75, 3.05) is 25.7 Å². The van der Waals surface area contributed by atoms with Crippen LogP contribution in [0.15, 0.2) is 24.3 Å². The molecule has 0 amide bonds.